The molecule has 0 aromatic heterocycles. The standard InChI is InChI=1S/C22H25N3O4S2/c1-14-5-4-6-15(2)20(14)24-31(28,29)17-9-7-16(8-10-17)23-21(27)18-13-30-22(3)12-11-19(26)25(18)22/h4-10,18,24H,11-13H2,1-3H3,(H,23,27). The van der Waals surface area contributed by atoms with Crippen LogP contribution in [-0.4, -0.2) is 41.8 Å². The zero-order chi connectivity index (χ0) is 22.4. The number of benzene rings is 2. The van der Waals surface area contributed by atoms with E-state index in [1.54, 1.807) is 28.8 Å². The number of para-hydroxylation sites is 1. The number of fused-ring (bicyclic) bond motifs is 1. The summed E-state index contributed by atoms with van der Waals surface area (Å²) in [6.45, 7) is 5.69. The summed E-state index contributed by atoms with van der Waals surface area (Å²) in [6.07, 6.45) is 1.22. The summed E-state index contributed by atoms with van der Waals surface area (Å²) in [6, 6.07) is 11.1. The minimum absolute atomic E-state index is 0.00617. The van der Waals surface area contributed by atoms with Crippen molar-refractivity contribution in [2.75, 3.05) is 15.8 Å². The maximum absolute atomic E-state index is 12.8. The van der Waals surface area contributed by atoms with E-state index >= 15 is 0 Å². The lowest BCUT2D eigenvalue weighted by Crippen LogP contribution is -2.48. The molecule has 2 N–H and O–H groups in total. The SMILES string of the molecule is Cc1cccc(C)c1NS(=O)(=O)c1ccc(NC(=O)C2CSC3(C)CCC(=O)N23)cc1. The lowest BCUT2D eigenvalue weighted by atomic mass is 10.1. The van der Waals surface area contributed by atoms with Crippen LogP contribution < -0.4 is 10.0 Å². The number of aryl methyl sites for hydroxylation is 2. The fourth-order valence-electron chi connectivity index (χ4n) is 4.13. The molecule has 2 aromatic carbocycles. The molecule has 2 saturated heterocycles. The molecular formula is C22H25N3O4S2. The number of thioether (sulfide) groups is 1. The fourth-order valence-corrected chi connectivity index (χ4v) is 6.76. The molecule has 2 heterocycles. The number of nitrogens with zero attached hydrogens (tertiary/aromatic N) is 1. The Balaban J connectivity index is 1.47. The molecule has 0 aliphatic carbocycles. The molecule has 9 heteroatoms. The Hall–Kier alpha value is -2.52. The van der Waals surface area contributed by atoms with Crippen molar-refractivity contribution >= 4 is 45.0 Å². The lowest BCUT2D eigenvalue weighted by Gasteiger charge is -2.29. The number of rotatable bonds is 5. The van der Waals surface area contributed by atoms with Crippen molar-refractivity contribution in [3.05, 3.63) is 53.6 Å². The van der Waals surface area contributed by atoms with Crippen molar-refractivity contribution in [2.45, 2.75) is 49.4 Å². The van der Waals surface area contributed by atoms with E-state index in [0.717, 1.165) is 17.5 Å². The van der Waals surface area contributed by atoms with Gasteiger partial charge >= 0.3 is 0 Å². The maximum Gasteiger partial charge on any atom is 0.261 e. The monoisotopic (exact) mass is 459 g/mol. The summed E-state index contributed by atoms with van der Waals surface area (Å²) in [4.78, 5) is 26.5. The third-order valence-electron chi connectivity index (χ3n) is 5.90. The second-order valence-corrected chi connectivity index (χ2v) is 11.3. The van der Waals surface area contributed by atoms with E-state index in [4.69, 9.17) is 0 Å². The number of carbonyl (C=O) groups is 2. The zero-order valence-electron chi connectivity index (χ0n) is 17.6. The molecule has 2 aromatic rings. The average Bonchev–Trinajstić information content (AvgIpc) is 3.21. The number of anilines is 2. The van der Waals surface area contributed by atoms with Crippen LogP contribution in [0.25, 0.3) is 0 Å². The summed E-state index contributed by atoms with van der Waals surface area (Å²) in [5.74, 6) is 0.308. The van der Waals surface area contributed by atoms with Crippen LogP contribution in [0.1, 0.15) is 30.9 Å². The van der Waals surface area contributed by atoms with E-state index in [1.807, 2.05) is 39.0 Å². The van der Waals surface area contributed by atoms with Gasteiger partial charge in [0.1, 0.15) is 6.04 Å². The molecule has 31 heavy (non-hydrogen) atoms. The van der Waals surface area contributed by atoms with Gasteiger partial charge in [-0.1, -0.05) is 18.2 Å². The molecule has 0 radical (unpaired) electrons. The summed E-state index contributed by atoms with van der Waals surface area (Å²) in [5.41, 5.74) is 2.73. The fraction of sp³-hybridized carbons (Fsp3) is 0.364. The first-order valence-corrected chi connectivity index (χ1v) is 12.5. The van der Waals surface area contributed by atoms with Crippen molar-refractivity contribution in [1.82, 2.24) is 4.90 Å². The van der Waals surface area contributed by atoms with Gasteiger partial charge in [-0.25, -0.2) is 8.42 Å². The quantitative estimate of drug-likeness (QED) is 0.714. The molecule has 164 valence electrons. The van der Waals surface area contributed by atoms with E-state index in [-0.39, 0.29) is 21.6 Å². The first-order valence-electron chi connectivity index (χ1n) is 10.1. The van der Waals surface area contributed by atoms with E-state index < -0.39 is 16.1 Å². The van der Waals surface area contributed by atoms with Crippen LogP contribution in [-0.2, 0) is 19.6 Å². The van der Waals surface area contributed by atoms with Crippen LogP contribution in [0.3, 0.4) is 0 Å². The predicted molar refractivity (Wildman–Crippen MR) is 123 cm³/mol. The first kappa shape index (κ1) is 21.7. The van der Waals surface area contributed by atoms with Gasteiger partial charge < -0.3 is 10.2 Å². The molecule has 0 bridgehead atoms. The van der Waals surface area contributed by atoms with E-state index in [2.05, 4.69) is 10.0 Å². The third-order valence-corrected chi connectivity index (χ3v) is 8.77. The van der Waals surface area contributed by atoms with Gasteiger partial charge in [-0.15, -0.1) is 11.8 Å². The minimum atomic E-state index is -3.77. The third kappa shape index (κ3) is 4.04. The molecule has 0 saturated carbocycles. The number of sulfonamides is 1. The number of amides is 2. The number of nitrogens with one attached hydrogen (secondary N) is 2. The number of hydrogen-bond acceptors (Lipinski definition) is 5. The molecular weight excluding hydrogens is 434 g/mol. The molecule has 0 spiro atoms. The smallest absolute Gasteiger partial charge is 0.261 e. The van der Waals surface area contributed by atoms with Crippen molar-refractivity contribution in [1.29, 1.82) is 0 Å². The van der Waals surface area contributed by atoms with Crippen LogP contribution in [0.5, 0.6) is 0 Å². The molecule has 2 fully saturated rings. The van der Waals surface area contributed by atoms with Gasteiger partial charge in [-0.05, 0) is 62.6 Å². The van der Waals surface area contributed by atoms with Crippen LogP contribution in [0.4, 0.5) is 11.4 Å². The highest BCUT2D eigenvalue weighted by atomic mass is 32.2. The second-order valence-electron chi connectivity index (χ2n) is 8.15. The molecule has 2 aliphatic rings. The highest BCUT2D eigenvalue weighted by molar-refractivity contribution is 8.01. The van der Waals surface area contributed by atoms with Gasteiger partial charge in [-0.2, -0.15) is 0 Å². The molecule has 2 aliphatic heterocycles. The van der Waals surface area contributed by atoms with Crippen molar-refractivity contribution < 1.29 is 18.0 Å². The highest BCUT2D eigenvalue weighted by Crippen LogP contribution is 2.47. The van der Waals surface area contributed by atoms with Crippen molar-refractivity contribution in [3.8, 4) is 0 Å². The number of hydrogen-bond donors (Lipinski definition) is 2. The average molecular weight is 460 g/mol. The summed E-state index contributed by atoms with van der Waals surface area (Å²) in [7, 11) is -3.77. The summed E-state index contributed by atoms with van der Waals surface area (Å²) < 4.78 is 28.2. The molecule has 4 rings (SSSR count). The van der Waals surface area contributed by atoms with E-state index in [9.17, 15) is 18.0 Å². The Bertz CT molecular complexity index is 1130. The number of carbonyl (C=O) groups excluding carboxylic acids is 2. The maximum atomic E-state index is 12.8. The Morgan fingerprint density at radius 3 is 2.42 bits per heavy atom. The zero-order valence-corrected chi connectivity index (χ0v) is 19.3. The predicted octanol–water partition coefficient (Wildman–Crippen LogP) is 3.50. The summed E-state index contributed by atoms with van der Waals surface area (Å²) in [5, 5.41) is 2.82. The van der Waals surface area contributed by atoms with Crippen LogP contribution >= 0.6 is 11.8 Å². The van der Waals surface area contributed by atoms with Gasteiger partial charge in [0.2, 0.25) is 11.8 Å². The molecule has 2 unspecified atom stereocenters. The topological polar surface area (TPSA) is 95.6 Å². The molecule has 2 amide bonds. The normalized spacial score (nSPS) is 23.0. The largest absolute Gasteiger partial charge is 0.324 e. The van der Waals surface area contributed by atoms with Crippen molar-refractivity contribution in [2.24, 2.45) is 0 Å². The van der Waals surface area contributed by atoms with Crippen molar-refractivity contribution in [3.63, 3.8) is 0 Å². The minimum Gasteiger partial charge on any atom is -0.324 e. The first-order chi connectivity index (χ1) is 14.6. The molecule has 2 atom stereocenters. The Morgan fingerprint density at radius 1 is 1.13 bits per heavy atom. The summed E-state index contributed by atoms with van der Waals surface area (Å²) >= 11 is 1.63. The Labute approximate surface area is 186 Å². The highest BCUT2D eigenvalue weighted by Gasteiger charge is 2.52. The van der Waals surface area contributed by atoms with Gasteiger partial charge in [0.05, 0.1) is 15.5 Å². The lowest BCUT2D eigenvalue weighted by molar-refractivity contribution is -0.135. The van der Waals surface area contributed by atoms with E-state index in [0.29, 0.717) is 23.5 Å². The molecule has 7 nitrogen and oxygen atoms in total. The Morgan fingerprint density at radius 2 is 1.77 bits per heavy atom. The second kappa shape index (κ2) is 7.87. The Kier molecular flexibility index (Phi) is 5.51. The van der Waals surface area contributed by atoms with Gasteiger partial charge in [0.25, 0.3) is 10.0 Å². The van der Waals surface area contributed by atoms with Crippen LogP contribution in [0.2, 0.25) is 0 Å². The van der Waals surface area contributed by atoms with Crippen LogP contribution in [0, 0.1) is 13.8 Å². The van der Waals surface area contributed by atoms with Gasteiger partial charge in [0.15, 0.2) is 0 Å². The van der Waals surface area contributed by atoms with E-state index in [1.165, 1.54) is 12.1 Å². The van der Waals surface area contributed by atoms with Gasteiger partial charge in [0, 0.05) is 17.9 Å². The van der Waals surface area contributed by atoms with Gasteiger partial charge in [-0.3, -0.25) is 14.3 Å². The van der Waals surface area contributed by atoms with Crippen LogP contribution in [0.15, 0.2) is 47.4 Å².